The lowest BCUT2D eigenvalue weighted by Crippen LogP contribution is -2.26. The number of carbonyl (C=O) groups is 1. The minimum atomic E-state index is -0.187. The van der Waals surface area contributed by atoms with Gasteiger partial charge >= 0.3 is 0 Å². The largest absolute Gasteiger partial charge is 0.370 e. The van der Waals surface area contributed by atoms with Crippen LogP contribution in [0.1, 0.15) is 38.9 Å². The lowest BCUT2D eigenvalue weighted by Gasteiger charge is -2.15. The predicted octanol–water partition coefficient (Wildman–Crippen LogP) is 2.75. The Morgan fingerprint density at radius 1 is 1.47 bits per heavy atom. The molecule has 2 N–H and O–H groups in total. The molecule has 1 aromatic heterocycles. The molecule has 0 fully saturated rings. The first-order chi connectivity index (χ1) is 8.08. The summed E-state index contributed by atoms with van der Waals surface area (Å²) in [6.45, 7) is 6.48. The van der Waals surface area contributed by atoms with Crippen LogP contribution in [0.5, 0.6) is 0 Å². The average molecular weight is 256 g/mol. The van der Waals surface area contributed by atoms with Crippen LogP contribution in [0.2, 0.25) is 5.02 Å². The Balaban J connectivity index is 2.87. The molecule has 0 saturated carbocycles. The number of amides is 1. The van der Waals surface area contributed by atoms with E-state index in [-0.39, 0.29) is 11.9 Å². The molecular formula is C12H18ClN3O. The van der Waals surface area contributed by atoms with Crippen molar-refractivity contribution in [3.63, 3.8) is 0 Å². The zero-order chi connectivity index (χ0) is 12.8. The fraction of sp³-hybridized carbons (Fsp3) is 0.500. The molecule has 0 bridgehead atoms. The minimum Gasteiger partial charge on any atom is -0.370 e. The number of hydrogen-bond donors (Lipinski definition) is 2. The van der Waals surface area contributed by atoms with Crippen LogP contribution >= 0.6 is 11.6 Å². The van der Waals surface area contributed by atoms with Crippen molar-refractivity contribution in [1.82, 2.24) is 10.3 Å². The van der Waals surface area contributed by atoms with E-state index >= 15 is 0 Å². The first-order valence-corrected chi connectivity index (χ1v) is 6.15. The average Bonchev–Trinajstić information content (AvgIpc) is 2.31. The number of pyridine rings is 1. The summed E-state index contributed by atoms with van der Waals surface area (Å²) >= 11 is 6.08. The number of anilines is 1. The van der Waals surface area contributed by atoms with E-state index in [1.54, 1.807) is 6.07 Å². The van der Waals surface area contributed by atoms with E-state index in [2.05, 4.69) is 15.6 Å². The Bertz CT molecular complexity index is 395. The van der Waals surface area contributed by atoms with Crippen molar-refractivity contribution in [2.24, 2.45) is 0 Å². The molecule has 0 aromatic carbocycles. The van der Waals surface area contributed by atoms with Gasteiger partial charge in [0.05, 0.1) is 16.8 Å². The molecule has 0 spiro atoms. The number of rotatable bonds is 5. The van der Waals surface area contributed by atoms with E-state index in [9.17, 15) is 4.79 Å². The third kappa shape index (κ3) is 3.89. The Morgan fingerprint density at radius 2 is 2.18 bits per heavy atom. The normalized spacial score (nSPS) is 12.0. The molecule has 17 heavy (non-hydrogen) atoms. The van der Waals surface area contributed by atoms with E-state index in [1.165, 1.54) is 0 Å². The molecule has 1 heterocycles. The van der Waals surface area contributed by atoms with Gasteiger partial charge < -0.3 is 10.6 Å². The minimum absolute atomic E-state index is 0.00998. The molecule has 4 nitrogen and oxygen atoms in total. The highest BCUT2D eigenvalue weighted by atomic mass is 35.5. The molecule has 0 aliphatic rings. The van der Waals surface area contributed by atoms with Gasteiger partial charge in [-0.15, -0.1) is 0 Å². The highest BCUT2D eigenvalue weighted by molar-refractivity contribution is 6.31. The van der Waals surface area contributed by atoms with Gasteiger partial charge in [-0.3, -0.25) is 4.79 Å². The summed E-state index contributed by atoms with van der Waals surface area (Å²) in [6.07, 6.45) is 0.453. The summed E-state index contributed by atoms with van der Waals surface area (Å²) in [5.74, 6) is 0.758. The molecule has 0 aliphatic carbocycles. The third-order valence-corrected chi connectivity index (χ3v) is 2.66. The van der Waals surface area contributed by atoms with Crippen molar-refractivity contribution in [3.05, 3.63) is 22.8 Å². The van der Waals surface area contributed by atoms with Crippen LogP contribution in [0.3, 0.4) is 0 Å². The van der Waals surface area contributed by atoms with Gasteiger partial charge in [-0.1, -0.05) is 18.5 Å². The number of nitrogens with zero attached hydrogens (tertiary/aromatic N) is 1. The van der Waals surface area contributed by atoms with Gasteiger partial charge in [0.2, 0.25) is 5.91 Å². The SMILES string of the molecule is CCNc1ccc(Cl)c([C@@H](C)NC(=O)CC)n1. The molecule has 1 amide bonds. The van der Waals surface area contributed by atoms with E-state index in [1.807, 2.05) is 26.8 Å². The highest BCUT2D eigenvalue weighted by Crippen LogP contribution is 2.22. The maximum atomic E-state index is 11.3. The second-order valence-corrected chi connectivity index (χ2v) is 4.14. The summed E-state index contributed by atoms with van der Waals surface area (Å²) in [6, 6.07) is 3.42. The molecule has 1 aromatic rings. The van der Waals surface area contributed by atoms with Crippen molar-refractivity contribution in [1.29, 1.82) is 0 Å². The van der Waals surface area contributed by atoms with E-state index < -0.39 is 0 Å². The Labute approximate surface area is 107 Å². The molecular weight excluding hydrogens is 238 g/mol. The van der Waals surface area contributed by atoms with Crippen LogP contribution in [0.25, 0.3) is 0 Å². The topological polar surface area (TPSA) is 54.0 Å². The summed E-state index contributed by atoms with van der Waals surface area (Å²) in [5, 5.41) is 6.52. The van der Waals surface area contributed by atoms with E-state index in [4.69, 9.17) is 11.6 Å². The Hall–Kier alpha value is -1.29. The second kappa shape index (κ2) is 6.45. The van der Waals surface area contributed by atoms with Crippen LogP contribution in [-0.2, 0) is 4.79 Å². The Morgan fingerprint density at radius 3 is 2.76 bits per heavy atom. The summed E-state index contributed by atoms with van der Waals surface area (Å²) < 4.78 is 0. The van der Waals surface area contributed by atoms with Crippen LogP contribution in [0, 0.1) is 0 Å². The van der Waals surface area contributed by atoms with E-state index in [0.29, 0.717) is 17.1 Å². The lowest BCUT2D eigenvalue weighted by atomic mass is 10.2. The highest BCUT2D eigenvalue weighted by Gasteiger charge is 2.13. The van der Waals surface area contributed by atoms with Gasteiger partial charge in [0.1, 0.15) is 5.82 Å². The van der Waals surface area contributed by atoms with Gasteiger partial charge in [0, 0.05) is 13.0 Å². The first-order valence-electron chi connectivity index (χ1n) is 5.78. The van der Waals surface area contributed by atoms with Crippen molar-refractivity contribution < 1.29 is 4.79 Å². The monoisotopic (exact) mass is 255 g/mol. The van der Waals surface area contributed by atoms with Crippen LogP contribution in [-0.4, -0.2) is 17.4 Å². The number of hydrogen-bond acceptors (Lipinski definition) is 3. The van der Waals surface area contributed by atoms with Gasteiger partial charge in [0.25, 0.3) is 0 Å². The fourth-order valence-corrected chi connectivity index (χ4v) is 1.72. The van der Waals surface area contributed by atoms with Crippen LogP contribution in [0.15, 0.2) is 12.1 Å². The zero-order valence-electron chi connectivity index (χ0n) is 10.4. The van der Waals surface area contributed by atoms with Gasteiger partial charge in [-0.05, 0) is 26.0 Å². The third-order valence-electron chi connectivity index (χ3n) is 2.34. The molecule has 0 saturated heterocycles. The second-order valence-electron chi connectivity index (χ2n) is 3.74. The van der Waals surface area contributed by atoms with Gasteiger partial charge in [-0.25, -0.2) is 4.98 Å². The van der Waals surface area contributed by atoms with Crippen molar-refractivity contribution in [3.8, 4) is 0 Å². The van der Waals surface area contributed by atoms with Gasteiger partial charge in [0.15, 0.2) is 0 Å². The fourth-order valence-electron chi connectivity index (χ4n) is 1.45. The molecule has 5 heteroatoms. The number of aromatic nitrogens is 1. The first kappa shape index (κ1) is 13.8. The quantitative estimate of drug-likeness (QED) is 0.851. The summed E-state index contributed by atoms with van der Waals surface area (Å²) in [4.78, 5) is 15.7. The number of halogens is 1. The van der Waals surface area contributed by atoms with Crippen LogP contribution in [0.4, 0.5) is 5.82 Å². The molecule has 0 aliphatic heterocycles. The zero-order valence-corrected chi connectivity index (χ0v) is 11.1. The Kier molecular flexibility index (Phi) is 5.22. The van der Waals surface area contributed by atoms with Gasteiger partial charge in [-0.2, -0.15) is 0 Å². The lowest BCUT2D eigenvalue weighted by molar-refractivity contribution is -0.121. The summed E-state index contributed by atoms with van der Waals surface area (Å²) in [5.41, 5.74) is 0.687. The number of carbonyl (C=O) groups excluding carboxylic acids is 1. The van der Waals surface area contributed by atoms with Crippen molar-refractivity contribution in [2.45, 2.75) is 33.2 Å². The molecule has 1 atom stereocenters. The maximum Gasteiger partial charge on any atom is 0.220 e. The number of nitrogens with one attached hydrogen (secondary N) is 2. The smallest absolute Gasteiger partial charge is 0.220 e. The van der Waals surface area contributed by atoms with E-state index in [0.717, 1.165) is 12.4 Å². The standard InChI is InChI=1S/C12H18ClN3O/c1-4-11(17)15-8(3)12-9(13)6-7-10(16-12)14-5-2/h6-8H,4-5H2,1-3H3,(H,14,16)(H,15,17)/t8-/m1/s1. The van der Waals surface area contributed by atoms with Crippen molar-refractivity contribution in [2.75, 3.05) is 11.9 Å². The summed E-state index contributed by atoms with van der Waals surface area (Å²) in [7, 11) is 0. The maximum absolute atomic E-state index is 11.3. The molecule has 0 unspecified atom stereocenters. The predicted molar refractivity (Wildman–Crippen MR) is 70.3 cm³/mol. The van der Waals surface area contributed by atoms with Crippen molar-refractivity contribution >= 4 is 23.3 Å². The molecule has 94 valence electrons. The molecule has 0 radical (unpaired) electrons. The van der Waals surface area contributed by atoms with Crippen LogP contribution < -0.4 is 10.6 Å². The molecule has 1 rings (SSSR count).